The molecule has 0 aliphatic heterocycles. The molecule has 0 aromatic carbocycles. The van der Waals surface area contributed by atoms with Gasteiger partial charge in [-0.2, -0.15) is 0 Å². The lowest BCUT2D eigenvalue weighted by Crippen LogP contribution is -2.17. The molecule has 1 heterocycles. The summed E-state index contributed by atoms with van der Waals surface area (Å²) in [7, 11) is 2.03. The molecule has 0 aliphatic rings. The zero-order chi connectivity index (χ0) is 11.3. The van der Waals surface area contributed by atoms with E-state index in [2.05, 4.69) is 35.6 Å². The monoisotopic (exact) mass is 207 g/mol. The van der Waals surface area contributed by atoms with Gasteiger partial charge in [0.1, 0.15) is 5.82 Å². The topological polar surface area (TPSA) is 29.0 Å². The molecular weight excluding hydrogens is 186 g/mol. The van der Waals surface area contributed by atoms with Crippen molar-refractivity contribution in [1.82, 2.24) is 9.97 Å². The zero-order valence-electron chi connectivity index (χ0n) is 10.2. The number of hydrogen-bond donors (Lipinski definition) is 0. The molecule has 15 heavy (non-hydrogen) atoms. The summed E-state index contributed by atoms with van der Waals surface area (Å²) in [6.07, 6.45) is 6.14. The van der Waals surface area contributed by atoms with Crippen LogP contribution in [0.15, 0.2) is 12.4 Å². The van der Waals surface area contributed by atoms with Crippen LogP contribution in [0, 0.1) is 0 Å². The van der Waals surface area contributed by atoms with Gasteiger partial charge < -0.3 is 4.90 Å². The van der Waals surface area contributed by atoms with Gasteiger partial charge in [-0.15, -0.1) is 0 Å². The van der Waals surface area contributed by atoms with Gasteiger partial charge in [0.2, 0.25) is 0 Å². The van der Waals surface area contributed by atoms with Crippen molar-refractivity contribution in [1.29, 1.82) is 0 Å². The van der Waals surface area contributed by atoms with Crippen LogP contribution >= 0.6 is 0 Å². The van der Waals surface area contributed by atoms with E-state index < -0.39 is 0 Å². The molecule has 0 radical (unpaired) electrons. The summed E-state index contributed by atoms with van der Waals surface area (Å²) in [6.45, 7) is 7.47. The van der Waals surface area contributed by atoms with E-state index in [1.165, 1.54) is 12.8 Å². The summed E-state index contributed by atoms with van der Waals surface area (Å²) in [4.78, 5) is 11.0. The zero-order valence-corrected chi connectivity index (χ0v) is 10.2. The maximum atomic E-state index is 4.46. The van der Waals surface area contributed by atoms with Crippen molar-refractivity contribution in [2.75, 3.05) is 18.5 Å². The van der Waals surface area contributed by atoms with Crippen LogP contribution in [-0.4, -0.2) is 23.6 Å². The maximum absolute atomic E-state index is 4.46. The Morgan fingerprint density at radius 2 is 2.00 bits per heavy atom. The van der Waals surface area contributed by atoms with Crippen molar-refractivity contribution < 1.29 is 0 Å². The van der Waals surface area contributed by atoms with Gasteiger partial charge in [0.15, 0.2) is 0 Å². The standard InChI is InChI=1S/C12H21N3/c1-5-7-10(3)11-8-14-12(9-13-11)15(4)6-2/h8-10H,5-7H2,1-4H3. The first kappa shape index (κ1) is 12.0. The SMILES string of the molecule is CCCC(C)c1cnc(N(C)CC)cn1. The molecule has 3 heteroatoms. The fourth-order valence-corrected chi connectivity index (χ4v) is 1.53. The highest BCUT2D eigenvalue weighted by molar-refractivity contribution is 5.34. The van der Waals surface area contributed by atoms with Crippen molar-refractivity contribution in [3.8, 4) is 0 Å². The average molecular weight is 207 g/mol. The molecule has 0 aliphatic carbocycles. The molecule has 0 N–H and O–H groups in total. The number of hydrogen-bond acceptors (Lipinski definition) is 3. The van der Waals surface area contributed by atoms with Crippen LogP contribution in [-0.2, 0) is 0 Å². The molecule has 0 spiro atoms. The molecule has 1 rings (SSSR count). The van der Waals surface area contributed by atoms with E-state index in [4.69, 9.17) is 0 Å². The average Bonchev–Trinajstić information content (AvgIpc) is 2.28. The molecule has 0 amide bonds. The molecule has 0 bridgehead atoms. The molecule has 1 aromatic heterocycles. The van der Waals surface area contributed by atoms with Gasteiger partial charge in [-0.3, -0.25) is 4.98 Å². The second kappa shape index (κ2) is 5.69. The van der Waals surface area contributed by atoms with E-state index in [-0.39, 0.29) is 0 Å². The van der Waals surface area contributed by atoms with Gasteiger partial charge in [-0.05, 0) is 19.3 Å². The van der Waals surface area contributed by atoms with Gasteiger partial charge in [0, 0.05) is 13.6 Å². The predicted molar refractivity (Wildman–Crippen MR) is 64.3 cm³/mol. The van der Waals surface area contributed by atoms with Crippen LogP contribution in [0.25, 0.3) is 0 Å². The first-order chi connectivity index (χ1) is 7.19. The van der Waals surface area contributed by atoms with Crippen molar-refractivity contribution >= 4 is 5.82 Å². The first-order valence-electron chi connectivity index (χ1n) is 5.72. The van der Waals surface area contributed by atoms with Gasteiger partial charge in [0.25, 0.3) is 0 Å². The third-order valence-corrected chi connectivity index (χ3v) is 2.75. The fourth-order valence-electron chi connectivity index (χ4n) is 1.53. The molecule has 1 unspecified atom stereocenters. The molecular formula is C12H21N3. The smallest absolute Gasteiger partial charge is 0.146 e. The minimum atomic E-state index is 0.517. The second-order valence-corrected chi connectivity index (χ2v) is 4.00. The number of aromatic nitrogens is 2. The Kier molecular flexibility index (Phi) is 4.53. The Labute approximate surface area is 92.6 Å². The Bertz CT molecular complexity index is 281. The van der Waals surface area contributed by atoms with Gasteiger partial charge in [0.05, 0.1) is 18.1 Å². The van der Waals surface area contributed by atoms with Crippen LogP contribution in [0.2, 0.25) is 0 Å². The molecule has 1 atom stereocenters. The summed E-state index contributed by atoms with van der Waals surface area (Å²) in [5, 5.41) is 0. The summed E-state index contributed by atoms with van der Waals surface area (Å²) in [5.41, 5.74) is 1.10. The minimum absolute atomic E-state index is 0.517. The summed E-state index contributed by atoms with van der Waals surface area (Å²) in [5.74, 6) is 1.47. The van der Waals surface area contributed by atoms with E-state index in [9.17, 15) is 0 Å². The quantitative estimate of drug-likeness (QED) is 0.743. The highest BCUT2D eigenvalue weighted by Gasteiger charge is 2.07. The number of anilines is 1. The fraction of sp³-hybridized carbons (Fsp3) is 0.667. The molecule has 0 fully saturated rings. The summed E-state index contributed by atoms with van der Waals surface area (Å²) >= 11 is 0. The molecule has 0 saturated heterocycles. The van der Waals surface area contributed by atoms with Crippen molar-refractivity contribution in [2.45, 2.75) is 39.5 Å². The minimum Gasteiger partial charge on any atom is -0.359 e. The Morgan fingerprint density at radius 1 is 1.27 bits per heavy atom. The number of rotatable bonds is 5. The number of nitrogens with zero attached hydrogens (tertiary/aromatic N) is 3. The van der Waals surface area contributed by atoms with Crippen LogP contribution in [0.1, 0.15) is 45.2 Å². The lowest BCUT2D eigenvalue weighted by Gasteiger charge is -2.16. The van der Waals surface area contributed by atoms with E-state index in [1.807, 2.05) is 19.4 Å². The van der Waals surface area contributed by atoms with E-state index in [1.54, 1.807) is 0 Å². The van der Waals surface area contributed by atoms with E-state index in [0.29, 0.717) is 5.92 Å². The Hall–Kier alpha value is -1.12. The summed E-state index contributed by atoms with van der Waals surface area (Å²) < 4.78 is 0. The summed E-state index contributed by atoms with van der Waals surface area (Å²) in [6, 6.07) is 0. The Balaban J connectivity index is 2.71. The lowest BCUT2D eigenvalue weighted by molar-refractivity contribution is 0.643. The normalized spacial score (nSPS) is 12.5. The van der Waals surface area contributed by atoms with E-state index in [0.717, 1.165) is 18.1 Å². The highest BCUT2D eigenvalue weighted by atomic mass is 15.2. The van der Waals surface area contributed by atoms with Gasteiger partial charge in [-0.25, -0.2) is 4.98 Å². The first-order valence-corrected chi connectivity index (χ1v) is 5.72. The predicted octanol–water partition coefficient (Wildman–Crippen LogP) is 2.84. The van der Waals surface area contributed by atoms with Crippen LogP contribution < -0.4 is 4.90 Å². The highest BCUT2D eigenvalue weighted by Crippen LogP contribution is 2.18. The maximum Gasteiger partial charge on any atom is 0.146 e. The van der Waals surface area contributed by atoms with Crippen LogP contribution in [0.5, 0.6) is 0 Å². The van der Waals surface area contributed by atoms with E-state index >= 15 is 0 Å². The van der Waals surface area contributed by atoms with Crippen molar-refractivity contribution in [3.63, 3.8) is 0 Å². The van der Waals surface area contributed by atoms with Crippen molar-refractivity contribution in [2.24, 2.45) is 0 Å². The molecule has 1 aromatic rings. The Morgan fingerprint density at radius 3 is 2.47 bits per heavy atom. The third-order valence-electron chi connectivity index (χ3n) is 2.75. The van der Waals surface area contributed by atoms with Gasteiger partial charge >= 0.3 is 0 Å². The molecule has 3 nitrogen and oxygen atoms in total. The third kappa shape index (κ3) is 3.18. The largest absolute Gasteiger partial charge is 0.359 e. The van der Waals surface area contributed by atoms with Gasteiger partial charge in [-0.1, -0.05) is 20.3 Å². The lowest BCUT2D eigenvalue weighted by atomic mass is 10.0. The van der Waals surface area contributed by atoms with Crippen LogP contribution in [0.4, 0.5) is 5.82 Å². The second-order valence-electron chi connectivity index (χ2n) is 4.00. The van der Waals surface area contributed by atoms with Crippen LogP contribution in [0.3, 0.4) is 0 Å². The van der Waals surface area contributed by atoms with Crippen molar-refractivity contribution in [3.05, 3.63) is 18.1 Å². The molecule has 0 saturated carbocycles. The molecule has 84 valence electrons.